The van der Waals surface area contributed by atoms with Gasteiger partial charge < -0.3 is 0 Å². The summed E-state index contributed by atoms with van der Waals surface area (Å²) in [5.41, 5.74) is 1.30. The number of amidine groups is 1. The summed E-state index contributed by atoms with van der Waals surface area (Å²) in [5.74, 6) is 0. The molecule has 80 valence electrons. The molecule has 0 bridgehead atoms. The average Bonchev–Trinajstić information content (AvgIpc) is 2.69. The SMILES string of the molecule is CSC(=NC(C)Cc1ccsc1)NC#N. The first-order chi connectivity index (χ1) is 7.26. The number of nitrogens with zero attached hydrogens (tertiary/aromatic N) is 2. The monoisotopic (exact) mass is 239 g/mol. The molecule has 0 spiro atoms. The van der Waals surface area contributed by atoms with E-state index in [4.69, 9.17) is 5.26 Å². The molecule has 0 amide bonds. The molecule has 1 N–H and O–H groups in total. The maximum atomic E-state index is 8.48. The molecule has 1 aromatic heterocycles. The molecule has 1 rings (SSSR count). The summed E-state index contributed by atoms with van der Waals surface area (Å²) in [6, 6.07) is 2.30. The lowest BCUT2D eigenvalue weighted by atomic mass is 10.1. The lowest BCUT2D eigenvalue weighted by Gasteiger charge is -2.06. The predicted molar refractivity (Wildman–Crippen MR) is 67.2 cm³/mol. The van der Waals surface area contributed by atoms with Gasteiger partial charge in [0.15, 0.2) is 11.4 Å². The number of nitrogens with one attached hydrogen (secondary N) is 1. The van der Waals surface area contributed by atoms with Crippen molar-refractivity contribution in [1.82, 2.24) is 5.32 Å². The molecular formula is C10H13N3S2. The van der Waals surface area contributed by atoms with Crippen LogP contribution in [0.5, 0.6) is 0 Å². The third-order valence-corrected chi connectivity index (χ3v) is 3.13. The molecule has 0 saturated heterocycles. The molecule has 0 saturated carbocycles. The van der Waals surface area contributed by atoms with Crippen molar-refractivity contribution in [2.24, 2.45) is 4.99 Å². The van der Waals surface area contributed by atoms with E-state index in [2.05, 4.69) is 27.1 Å². The summed E-state index contributed by atoms with van der Waals surface area (Å²) in [5, 5.41) is 15.9. The van der Waals surface area contributed by atoms with Crippen LogP contribution in [0, 0.1) is 11.5 Å². The molecule has 1 aromatic rings. The van der Waals surface area contributed by atoms with Crippen molar-refractivity contribution < 1.29 is 0 Å². The molecule has 0 radical (unpaired) electrons. The topological polar surface area (TPSA) is 48.2 Å². The van der Waals surface area contributed by atoms with Gasteiger partial charge in [0.25, 0.3) is 0 Å². The highest BCUT2D eigenvalue weighted by Crippen LogP contribution is 2.11. The van der Waals surface area contributed by atoms with E-state index >= 15 is 0 Å². The van der Waals surface area contributed by atoms with E-state index in [1.165, 1.54) is 17.3 Å². The predicted octanol–water partition coefficient (Wildman–Crippen LogP) is 2.47. The van der Waals surface area contributed by atoms with E-state index in [9.17, 15) is 0 Å². The van der Waals surface area contributed by atoms with Crippen LogP contribution in [0.25, 0.3) is 0 Å². The first-order valence-electron chi connectivity index (χ1n) is 4.54. The standard InChI is InChI=1S/C10H13N3S2/c1-8(5-9-3-4-15-6-9)13-10(14-2)12-7-11/h3-4,6,8H,5H2,1-2H3,(H,12,13). The summed E-state index contributed by atoms with van der Waals surface area (Å²) in [4.78, 5) is 4.41. The fraction of sp³-hybridized carbons (Fsp3) is 0.400. The molecule has 0 aliphatic carbocycles. The van der Waals surface area contributed by atoms with Gasteiger partial charge in [-0.2, -0.15) is 16.6 Å². The molecule has 3 nitrogen and oxygen atoms in total. The lowest BCUT2D eigenvalue weighted by Crippen LogP contribution is -2.17. The van der Waals surface area contributed by atoms with Crippen LogP contribution in [0.4, 0.5) is 0 Å². The Morgan fingerprint density at radius 2 is 2.60 bits per heavy atom. The second kappa shape index (κ2) is 6.49. The van der Waals surface area contributed by atoms with Crippen LogP contribution in [0.2, 0.25) is 0 Å². The van der Waals surface area contributed by atoms with Crippen LogP contribution in [0.1, 0.15) is 12.5 Å². The second-order valence-corrected chi connectivity index (χ2v) is 4.63. The fourth-order valence-corrected chi connectivity index (χ4v) is 2.29. The van der Waals surface area contributed by atoms with Crippen LogP contribution >= 0.6 is 23.1 Å². The lowest BCUT2D eigenvalue weighted by molar-refractivity contribution is 0.741. The quantitative estimate of drug-likeness (QED) is 0.381. The van der Waals surface area contributed by atoms with Crippen molar-refractivity contribution in [3.05, 3.63) is 22.4 Å². The minimum Gasteiger partial charge on any atom is -0.272 e. The molecule has 1 atom stereocenters. The molecule has 0 aliphatic heterocycles. The van der Waals surface area contributed by atoms with Gasteiger partial charge in [-0.15, -0.1) is 0 Å². The minimum absolute atomic E-state index is 0.197. The van der Waals surface area contributed by atoms with Crippen LogP contribution < -0.4 is 5.32 Å². The average molecular weight is 239 g/mol. The molecule has 1 heterocycles. The van der Waals surface area contributed by atoms with E-state index in [1.807, 2.05) is 19.4 Å². The molecule has 0 aliphatic rings. The maximum absolute atomic E-state index is 8.48. The summed E-state index contributed by atoms with van der Waals surface area (Å²) < 4.78 is 0. The largest absolute Gasteiger partial charge is 0.272 e. The van der Waals surface area contributed by atoms with Crippen molar-refractivity contribution in [1.29, 1.82) is 5.26 Å². The second-order valence-electron chi connectivity index (χ2n) is 3.06. The third-order valence-electron chi connectivity index (χ3n) is 1.81. The normalized spacial score (nSPS) is 13.3. The minimum atomic E-state index is 0.197. The first kappa shape index (κ1) is 12.1. The zero-order valence-electron chi connectivity index (χ0n) is 8.73. The van der Waals surface area contributed by atoms with Crippen LogP contribution in [0.3, 0.4) is 0 Å². The summed E-state index contributed by atoms with van der Waals surface area (Å²) in [6.07, 6.45) is 4.70. The zero-order valence-corrected chi connectivity index (χ0v) is 10.4. The number of aliphatic imine (C=N–C) groups is 1. The molecular weight excluding hydrogens is 226 g/mol. The molecule has 0 fully saturated rings. The van der Waals surface area contributed by atoms with Crippen LogP contribution in [0.15, 0.2) is 21.8 Å². The van der Waals surface area contributed by atoms with Crippen molar-refractivity contribution in [3.8, 4) is 6.19 Å². The summed E-state index contributed by atoms with van der Waals surface area (Å²) in [6.45, 7) is 2.05. The van der Waals surface area contributed by atoms with Crippen molar-refractivity contribution in [2.45, 2.75) is 19.4 Å². The highest BCUT2D eigenvalue weighted by molar-refractivity contribution is 8.13. The van der Waals surface area contributed by atoms with Crippen LogP contribution in [-0.2, 0) is 6.42 Å². The third kappa shape index (κ3) is 4.36. The summed E-state index contributed by atoms with van der Waals surface area (Å²) in [7, 11) is 0. The highest BCUT2D eigenvalue weighted by atomic mass is 32.2. The van der Waals surface area contributed by atoms with E-state index in [0.29, 0.717) is 5.17 Å². The number of thioether (sulfide) groups is 1. The van der Waals surface area contributed by atoms with Gasteiger partial charge in [0.05, 0.1) is 6.04 Å². The van der Waals surface area contributed by atoms with Crippen molar-refractivity contribution in [3.63, 3.8) is 0 Å². The number of thiophene rings is 1. The molecule has 0 aromatic carbocycles. The Morgan fingerprint density at radius 3 is 3.13 bits per heavy atom. The number of hydrogen-bond donors (Lipinski definition) is 1. The Labute approximate surface area is 98.2 Å². The van der Waals surface area contributed by atoms with Gasteiger partial charge >= 0.3 is 0 Å². The Bertz CT molecular complexity index is 351. The highest BCUT2D eigenvalue weighted by Gasteiger charge is 2.04. The van der Waals surface area contributed by atoms with Crippen molar-refractivity contribution in [2.75, 3.05) is 6.26 Å². The molecule has 15 heavy (non-hydrogen) atoms. The first-order valence-corrected chi connectivity index (χ1v) is 6.71. The van der Waals surface area contributed by atoms with E-state index in [0.717, 1.165) is 6.42 Å². The van der Waals surface area contributed by atoms with Gasteiger partial charge in [0.2, 0.25) is 0 Å². The Kier molecular flexibility index (Phi) is 5.22. The maximum Gasteiger partial charge on any atom is 0.183 e. The number of rotatable bonds is 3. The van der Waals surface area contributed by atoms with Gasteiger partial charge in [-0.1, -0.05) is 11.8 Å². The van der Waals surface area contributed by atoms with E-state index in [-0.39, 0.29) is 6.04 Å². The molecule has 5 heteroatoms. The van der Waals surface area contributed by atoms with Gasteiger partial charge in [0.1, 0.15) is 0 Å². The van der Waals surface area contributed by atoms with E-state index < -0.39 is 0 Å². The summed E-state index contributed by atoms with van der Waals surface area (Å²) >= 11 is 3.15. The van der Waals surface area contributed by atoms with E-state index in [1.54, 1.807) is 11.3 Å². The molecule has 1 unspecified atom stereocenters. The zero-order chi connectivity index (χ0) is 11.1. The Balaban J connectivity index is 2.53. The van der Waals surface area contributed by atoms with Gasteiger partial charge in [0, 0.05) is 0 Å². The van der Waals surface area contributed by atoms with Gasteiger partial charge in [-0.3, -0.25) is 10.3 Å². The fourth-order valence-electron chi connectivity index (χ4n) is 1.18. The number of hydrogen-bond acceptors (Lipinski definition) is 4. The van der Waals surface area contributed by atoms with Gasteiger partial charge in [-0.25, -0.2) is 0 Å². The number of nitriles is 1. The Morgan fingerprint density at radius 1 is 1.80 bits per heavy atom. The van der Waals surface area contributed by atoms with Crippen LogP contribution in [-0.4, -0.2) is 17.5 Å². The van der Waals surface area contributed by atoms with Crippen molar-refractivity contribution >= 4 is 28.3 Å². The Hall–Kier alpha value is -0.990. The smallest absolute Gasteiger partial charge is 0.183 e. The van der Waals surface area contributed by atoms with Gasteiger partial charge in [-0.05, 0) is 42.0 Å².